The lowest BCUT2D eigenvalue weighted by Crippen LogP contribution is -2.27. The summed E-state index contributed by atoms with van der Waals surface area (Å²) in [5.41, 5.74) is 2.60. The molecule has 180 valence electrons. The fourth-order valence-electron chi connectivity index (χ4n) is 3.91. The van der Waals surface area contributed by atoms with E-state index in [1.54, 1.807) is 24.3 Å². The summed E-state index contributed by atoms with van der Waals surface area (Å²) in [6.07, 6.45) is 1.71. The zero-order valence-electron chi connectivity index (χ0n) is 18.7. The number of imide groups is 1. The van der Waals surface area contributed by atoms with Crippen LogP contribution in [0.5, 0.6) is 5.75 Å². The number of ether oxygens (including phenoxy) is 1. The Hall–Kier alpha value is -2.77. The average molecular weight is 599 g/mol. The number of halogens is 3. The first-order valence-corrected chi connectivity index (χ1v) is 13.3. The standard InChI is InChI=1S/C28H18BrCl2NO3S/c29-22-12-17(9-11-25(22)35-16-20-6-3-5-19-4-1-2-7-21(19)20)14-26-27(33)32(28(34)36-26)15-18-8-10-23(30)24(31)13-18/h1-14H,15-16H2/b26-14-. The molecular weight excluding hydrogens is 581 g/mol. The van der Waals surface area contributed by atoms with Gasteiger partial charge in [0.15, 0.2) is 0 Å². The van der Waals surface area contributed by atoms with Crippen LogP contribution in [0.1, 0.15) is 16.7 Å². The number of hydrogen-bond donors (Lipinski definition) is 0. The molecule has 1 fully saturated rings. The molecule has 36 heavy (non-hydrogen) atoms. The fraction of sp³-hybridized carbons (Fsp3) is 0.0714. The maximum atomic E-state index is 12.9. The quantitative estimate of drug-likeness (QED) is 0.208. The van der Waals surface area contributed by atoms with Gasteiger partial charge in [-0.15, -0.1) is 0 Å². The van der Waals surface area contributed by atoms with E-state index in [-0.39, 0.29) is 17.7 Å². The van der Waals surface area contributed by atoms with Crippen molar-refractivity contribution in [2.75, 3.05) is 0 Å². The number of nitrogens with zero attached hydrogens (tertiary/aromatic N) is 1. The van der Waals surface area contributed by atoms with Crippen LogP contribution in [0.3, 0.4) is 0 Å². The second-order valence-electron chi connectivity index (χ2n) is 8.13. The number of rotatable bonds is 6. The van der Waals surface area contributed by atoms with E-state index in [9.17, 15) is 9.59 Å². The van der Waals surface area contributed by atoms with Gasteiger partial charge in [-0.1, -0.05) is 77.8 Å². The van der Waals surface area contributed by atoms with Gasteiger partial charge in [0.1, 0.15) is 12.4 Å². The van der Waals surface area contributed by atoms with Gasteiger partial charge in [-0.2, -0.15) is 0 Å². The average Bonchev–Trinajstić information content (AvgIpc) is 3.13. The van der Waals surface area contributed by atoms with Crippen LogP contribution in [0.4, 0.5) is 4.79 Å². The smallest absolute Gasteiger partial charge is 0.293 e. The first-order chi connectivity index (χ1) is 17.4. The zero-order chi connectivity index (χ0) is 25.2. The Bertz CT molecular complexity index is 1530. The summed E-state index contributed by atoms with van der Waals surface area (Å²) in [6, 6.07) is 25.0. The van der Waals surface area contributed by atoms with Crippen LogP contribution in [-0.2, 0) is 17.9 Å². The Morgan fingerprint density at radius 3 is 2.53 bits per heavy atom. The van der Waals surface area contributed by atoms with Gasteiger partial charge in [0, 0.05) is 0 Å². The van der Waals surface area contributed by atoms with Gasteiger partial charge in [0.2, 0.25) is 0 Å². The molecule has 4 aromatic rings. The van der Waals surface area contributed by atoms with E-state index in [1.165, 1.54) is 10.3 Å². The lowest BCUT2D eigenvalue weighted by atomic mass is 10.1. The Balaban J connectivity index is 1.29. The van der Waals surface area contributed by atoms with E-state index in [2.05, 4.69) is 40.2 Å². The lowest BCUT2D eigenvalue weighted by Gasteiger charge is -2.13. The van der Waals surface area contributed by atoms with Gasteiger partial charge < -0.3 is 4.74 Å². The van der Waals surface area contributed by atoms with E-state index < -0.39 is 0 Å². The van der Waals surface area contributed by atoms with Gasteiger partial charge in [-0.25, -0.2) is 0 Å². The number of hydrogen-bond acceptors (Lipinski definition) is 4. The van der Waals surface area contributed by atoms with Crippen molar-refractivity contribution in [1.82, 2.24) is 4.90 Å². The molecule has 0 radical (unpaired) electrons. The van der Waals surface area contributed by atoms with Crippen molar-refractivity contribution in [2.24, 2.45) is 0 Å². The van der Waals surface area contributed by atoms with Gasteiger partial charge in [0.05, 0.1) is 26.0 Å². The Morgan fingerprint density at radius 1 is 0.917 bits per heavy atom. The van der Waals surface area contributed by atoms with Crippen molar-refractivity contribution < 1.29 is 14.3 Å². The number of thioether (sulfide) groups is 1. The van der Waals surface area contributed by atoms with E-state index in [4.69, 9.17) is 27.9 Å². The molecule has 0 aliphatic carbocycles. The van der Waals surface area contributed by atoms with Crippen LogP contribution in [0, 0.1) is 0 Å². The van der Waals surface area contributed by atoms with Crippen LogP contribution < -0.4 is 4.74 Å². The van der Waals surface area contributed by atoms with Crippen molar-refractivity contribution in [1.29, 1.82) is 0 Å². The molecule has 1 saturated heterocycles. The summed E-state index contributed by atoms with van der Waals surface area (Å²) in [5, 5.41) is 2.80. The summed E-state index contributed by atoms with van der Waals surface area (Å²) in [4.78, 5) is 27.0. The summed E-state index contributed by atoms with van der Waals surface area (Å²) >= 11 is 16.5. The molecule has 0 unspecified atom stereocenters. The molecule has 0 aromatic heterocycles. The zero-order valence-corrected chi connectivity index (χ0v) is 22.6. The van der Waals surface area contributed by atoms with Crippen LogP contribution in [0.25, 0.3) is 16.8 Å². The largest absolute Gasteiger partial charge is 0.488 e. The van der Waals surface area contributed by atoms with Gasteiger partial charge in [-0.05, 0) is 85.5 Å². The van der Waals surface area contributed by atoms with Crippen molar-refractivity contribution in [3.8, 4) is 5.75 Å². The molecule has 8 heteroatoms. The van der Waals surface area contributed by atoms with E-state index >= 15 is 0 Å². The molecule has 0 bridgehead atoms. The number of amides is 2. The molecule has 0 saturated carbocycles. The molecule has 4 aromatic carbocycles. The van der Waals surface area contributed by atoms with Crippen LogP contribution in [-0.4, -0.2) is 16.0 Å². The molecule has 0 atom stereocenters. The maximum Gasteiger partial charge on any atom is 0.293 e. The molecule has 0 spiro atoms. The van der Waals surface area contributed by atoms with E-state index in [0.717, 1.165) is 38.3 Å². The lowest BCUT2D eigenvalue weighted by molar-refractivity contribution is -0.123. The fourth-order valence-corrected chi connectivity index (χ4v) is 5.58. The monoisotopic (exact) mass is 597 g/mol. The molecule has 1 aliphatic rings. The topological polar surface area (TPSA) is 46.6 Å². The minimum atomic E-state index is -0.344. The second kappa shape index (κ2) is 10.7. The minimum absolute atomic E-state index is 0.129. The van der Waals surface area contributed by atoms with Crippen molar-refractivity contribution in [3.05, 3.63) is 115 Å². The van der Waals surface area contributed by atoms with Crippen LogP contribution in [0.2, 0.25) is 10.0 Å². The van der Waals surface area contributed by atoms with Gasteiger partial charge >= 0.3 is 0 Å². The molecule has 5 rings (SSSR count). The highest BCUT2D eigenvalue weighted by Gasteiger charge is 2.35. The summed E-state index contributed by atoms with van der Waals surface area (Å²) in [7, 11) is 0. The number of carbonyl (C=O) groups is 2. The molecular formula is C28H18BrCl2NO3S. The van der Waals surface area contributed by atoms with Crippen molar-refractivity contribution in [3.63, 3.8) is 0 Å². The third-order valence-electron chi connectivity index (χ3n) is 5.72. The first-order valence-electron chi connectivity index (χ1n) is 11.0. The number of benzene rings is 4. The highest BCUT2D eigenvalue weighted by molar-refractivity contribution is 9.10. The third kappa shape index (κ3) is 5.32. The number of carbonyl (C=O) groups excluding carboxylic acids is 2. The van der Waals surface area contributed by atoms with Crippen LogP contribution in [0.15, 0.2) is 88.2 Å². The summed E-state index contributed by atoms with van der Waals surface area (Å²) in [5.74, 6) is 0.344. The predicted octanol–water partition coefficient (Wildman–Crippen LogP) is 8.72. The third-order valence-corrected chi connectivity index (χ3v) is 7.98. The van der Waals surface area contributed by atoms with Crippen molar-refractivity contribution >= 4 is 78.9 Å². The highest BCUT2D eigenvalue weighted by atomic mass is 79.9. The molecule has 0 N–H and O–H groups in total. The Morgan fingerprint density at radius 2 is 1.72 bits per heavy atom. The summed E-state index contributed by atoms with van der Waals surface area (Å²) < 4.78 is 6.83. The normalized spacial score (nSPS) is 14.8. The number of fused-ring (bicyclic) bond motifs is 1. The highest BCUT2D eigenvalue weighted by Crippen LogP contribution is 2.35. The van der Waals surface area contributed by atoms with Crippen molar-refractivity contribution in [2.45, 2.75) is 13.2 Å². The van der Waals surface area contributed by atoms with Gasteiger partial charge in [-0.3, -0.25) is 14.5 Å². The van der Waals surface area contributed by atoms with Gasteiger partial charge in [0.25, 0.3) is 11.1 Å². The molecule has 2 amide bonds. The van der Waals surface area contributed by atoms with E-state index in [0.29, 0.717) is 27.3 Å². The maximum absolute atomic E-state index is 12.9. The molecule has 4 nitrogen and oxygen atoms in total. The summed E-state index contributed by atoms with van der Waals surface area (Å²) in [6.45, 7) is 0.552. The Kier molecular flexibility index (Phi) is 7.39. The predicted molar refractivity (Wildman–Crippen MR) is 150 cm³/mol. The Labute approximate surface area is 231 Å². The van der Waals surface area contributed by atoms with Crippen LogP contribution >= 0.6 is 50.9 Å². The second-order valence-corrected chi connectivity index (χ2v) is 10.8. The minimum Gasteiger partial charge on any atom is -0.488 e. The first kappa shape index (κ1) is 24.9. The molecule has 1 aliphatic heterocycles. The molecule has 1 heterocycles. The SMILES string of the molecule is O=C1S/C(=C\c2ccc(OCc3cccc4ccccc34)c(Br)c2)C(=O)N1Cc1ccc(Cl)c(Cl)c1. The van der Waals surface area contributed by atoms with E-state index in [1.807, 2.05) is 36.4 Å².